The molecule has 1 aromatic heterocycles. The SMILES string of the molecule is CC(c1cccc(F)c1Cl)C1CN(c2ccncc2F)CCN1C(N)=O. The molecule has 8 heteroatoms. The molecule has 2 aromatic rings. The zero-order chi connectivity index (χ0) is 18.8. The van der Waals surface area contributed by atoms with Crippen LogP contribution >= 0.6 is 11.6 Å². The quantitative estimate of drug-likeness (QED) is 0.887. The van der Waals surface area contributed by atoms with E-state index in [1.165, 1.54) is 17.2 Å². The van der Waals surface area contributed by atoms with Gasteiger partial charge in [-0.1, -0.05) is 30.7 Å². The molecule has 2 atom stereocenters. The number of piperazine rings is 1. The molecule has 0 radical (unpaired) electrons. The number of nitrogens with zero attached hydrogens (tertiary/aromatic N) is 3. The van der Waals surface area contributed by atoms with Crippen molar-refractivity contribution in [1.82, 2.24) is 9.88 Å². The molecule has 0 spiro atoms. The number of amides is 2. The molecule has 138 valence electrons. The highest BCUT2D eigenvalue weighted by molar-refractivity contribution is 6.31. The van der Waals surface area contributed by atoms with Crippen LogP contribution in [0.3, 0.4) is 0 Å². The lowest BCUT2D eigenvalue weighted by atomic mass is 9.90. The number of benzene rings is 1. The zero-order valence-electron chi connectivity index (χ0n) is 14.2. The Kier molecular flexibility index (Phi) is 5.27. The van der Waals surface area contributed by atoms with Crippen molar-refractivity contribution >= 4 is 23.3 Å². The molecule has 2 N–H and O–H groups in total. The van der Waals surface area contributed by atoms with Crippen molar-refractivity contribution < 1.29 is 13.6 Å². The molecule has 3 rings (SSSR count). The summed E-state index contributed by atoms with van der Waals surface area (Å²) in [4.78, 5) is 19.0. The smallest absolute Gasteiger partial charge is 0.315 e. The van der Waals surface area contributed by atoms with Gasteiger partial charge in [-0.05, 0) is 17.7 Å². The van der Waals surface area contributed by atoms with Gasteiger partial charge in [0.1, 0.15) is 5.82 Å². The van der Waals surface area contributed by atoms with E-state index in [-0.39, 0.29) is 17.0 Å². The molecule has 2 unspecified atom stereocenters. The van der Waals surface area contributed by atoms with Gasteiger partial charge in [0, 0.05) is 31.7 Å². The monoisotopic (exact) mass is 380 g/mol. The van der Waals surface area contributed by atoms with Crippen molar-refractivity contribution in [2.75, 3.05) is 24.5 Å². The fourth-order valence-corrected chi connectivity index (χ4v) is 3.73. The Hall–Kier alpha value is -2.41. The van der Waals surface area contributed by atoms with Gasteiger partial charge in [-0.2, -0.15) is 0 Å². The first kappa shape index (κ1) is 18.4. The molecule has 1 saturated heterocycles. The second-order valence-electron chi connectivity index (χ2n) is 6.30. The summed E-state index contributed by atoms with van der Waals surface area (Å²) < 4.78 is 28.0. The van der Waals surface area contributed by atoms with Crippen LogP contribution in [0.5, 0.6) is 0 Å². The van der Waals surface area contributed by atoms with E-state index in [0.29, 0.717) is 30.9 Å². The average molecular weight is 381 g/mol. The van der Waals surface area contributed by atoms with Gasteiger partial charge < -0.3 is 15.5 Å². The average Bonchev–Trinajstić information content (AvgIpc) is 2.63. The topological polar surface area (TPSA) is 62.5 Å². The largest absolute Gasteiger partial charge is 0.365 e. The number of pyridine rings is 1. The number of hydrogen-bond donors (Lipinski definition) is 1. The van der Waals surface area contributed by atoms with E-state index in [4.69, 9.17) is 17.3 Å². The molecule has 2 heterocycles. The summed E-state index contributed by atoms with van der Waals surface area (Å²) in [7, 11) is 0. The minimum atomic E-state index is -0.566. The number of carbonyl (C=O) groups excluding carboxylic acids is 1. The maximum atomic E-state index is 14.1. The maximum Gasteiger partial charge on any atom is 0.315 e. The Bertz CT molecular complexity index is 820. The molecule has 0 saturated carbocycles. The molecule has 5 nitrogen and oxygen atoms in total. The summed E-state index contributed by atoms with van der Waals surface area (Å²) in [6.45, 7) is 2.97. The molecule has 1 aromatic carbocycles. The number of rotatable bonds is 3. The van der Waals surface area contributed by atoms with Crippen LogP contribution in [-0.4, -0.2) is 41.6 Å². The highest BCUT2D eigenvalue weighted by atomic mass is 35.5. The number of urea groups is 1. The van der Waals surface area contributed by atoms with Gasteiger partial charge in [0.05, 0.1) is 22.9 Å². The van der Waals surface area contributed by atoms with Crippen LogP contribution < -0.4 is 10.6 Å². The Morgan fingerprint density at radius 2 is 2.08 bits per heavy atom. The Morgan fingerprint density at radius 3 is 2.77 bits per heavy atom. The molecular weight excluding hydrogens is 362 g/mol. The van der Waals surface area contributed by atoms with Gasteiger partial charge in [0.25, 0.3) is 0 Å². The molecule has 0 bridgehead atoms. The Labute approximate surface area is 155 Å². The molecule has 1 aliphatic heterocycles. The number of anilines is 1. The van der Waals surface area contributed by atoms with Gasteiger partial charge in [-0.25, -0.2) is 13.6 Å². The first-order valence-electron chi connectivity index (χ1n) is 8.24. The number of primary amides is 1. The molecule has 1 aliphatic rings. The predicted molar refractivity (Wildman–Crippen MR) is 96.3 cm³/mol. The van der Waals surface area contributed by atoms with Crippen LogP contribution in [-0.2, 0) is 0 Å². The number of carbonyl (C=O) groups is 1. The lowest BCUT2D eigenvalue weighted by molar-refractivity contribution is 0.164. The standard InChI is InChI=1S/C18H19ClF2N4O/c1-11(12-3-2-4-13(20)17(12)19)16-10-24(7-8-25(16)18(22)26)15-5-6-23-9-14(15)21/h2-6,9,11,16H,7-8,10H2,1H3,(H2,22,26). The lowest BCUT2D eigenvalue weighted by Gasteiger charge is -2.44. The van der Waals surface area contributed by atoms with Gasteiger partial charge in [0.2, 0.25) is 0 Å². The highest BCUT2D eigenvalue weighted by Crippen LogP contribution is 2.33. The van der Waals surface area contributed by atoms with E-state index < -0.39 is 17.7 Å². The number of aromatic nitrogens is 1. The van der Waals surface area contributed by atoms with Crippen LogP contribution in [0.1, 0.15) is 18.4 Å². The van der Waals surface area contributed by atoms with Gasteiger partial charge in [0.15, 0.2) is 5.82 Å². The molecular formula is C18H19ClF2N4O. The Balaban J connectivity index is 1.93. The van der Waals surface area contributed by atoms with Crippen LogP contribution in [0.2, 0.25) is 5.02 Å². The molecule has 26 heavy (non-hydrogen) atoms. The summed E-state index contributed by atoms with van der Waals surface area (Å²) in [6, 6.07) is 5.22. The van der Waals surface area contributed by atoms with Crippen molar-refractivity contribution in [2.45, 2.75) is 18.9 Å². The van der Waals surface area contributed by atoms with E-state index in [9.17, 15) is 13.6 Å². The fourth-order valence-electron chi connectivity index (χ4n) is 3.43. The van der Waals surface area contributed by atoms with Crippen molar-refractivity contribution in [3.63, 3.8) is 0 Å². The minimum absolute atomic E-state index is 0.0247. The van der Waals surface area contributed by atoms with E-state index in [1.54, 1.807) is 18.2 Å². The summed E-state index contributed by atoms with van der Waals surface area (Å²) >= 11 is 6.12. The predicted octanol–water partition coefficient (Wildman–Crippen LogP) is 3.39. The third-order valence-corrected chi connectivity index (χ3v) is 5.24. The Morgan fingerprint density at radius 1 is 1.31 bits per heavy atom. The molecule has 2 amide bonds. The van der Waals surface area contributed by atoms with Crippen molar-refractivity contribution in [2.24, 2.45) is 5.73 Å². The first-order valence-corrected chi connectivity index (χ1v) is 8.62. The number of hydrogen-bond acceptors (Lipinski definition) is 3. The van der Waals surface area contributed by atoms with Crippen molar-refractivity contribution in [3.05, 3.63) is 58.9 Å². The number of nitrogens with two attached hydrogens (primary N) is 1. The van der Waals surface area contributed by atoms with Crippen molar-refractivity contribution in [3.8, 4) is 0 Å². The summed E-state index contributed by atoms with van der Waals surface area (Å²) in [5, 5.41) is 0.0247. The fraction of sp³-hybridized carbons (Fsp3) is 0.333. The summed E-state index contributed by atoms with van der Waals surface area (Å²) in [5.74, 6) is -1.25. The second-order valence-corrected chi connectivity index (χ2v) is 6.68. The number of halogens is 3. The second kappa shape index (κ2) is 7.45. The van der Waals surface area contributed by atoms with E-state index in [2.05, 4.69) is 4.98 Å². The summed E-state index contributed by atoms with van der Waals surface area (Å²) in [6.07, 6.45) is 2.67. The van der Waals surface area contributed by atoms with E-state index in [1.807, 2.05) is 11.8 Å². The first-order chi connectivity index (χ1) is 12.4. The van der Waals surface area contributed by atoms with Crippen LogP contribution in [0.15, 0.2) is 36.7 Å². The third-order valence-electron chi connectivity index (χ3n) is 4.84. The lowest BCUT2D eigenvalue weighted by Crippen LogP contribution is -2.58. The van der Waals surface area contributed by atoms with Crippen LogP contribution in [0, 0.1) is 11.6 Å². The van der Waals surface area contributed by atoms with Gasteiger partial charge in [-0.15, -0.1) is 0 Å². The third kappa shape index (κ3) is 3.44. The molecule has 0 aliphatic carbocycles. The van der Waals surface area contributed by atoms with Crippen LogP contribution in [0.4, 0.5) is 19.3 Å². The van der Waals surface area contributed by atoms with Crippen molar-refractivity contribution in [1.29, 1.82) is 0 Å². The van der Waals surface area contributed by atoms with E-state index >= 15 is 0 Å². The summed E-state index contributed by atoms with van der Waals surface area (Å²) in [5.41, 5.74) is 6.53. The van der Waals surface area contributed by atoms with Crippen LogP contribution in [0.25, 0.3) is 0 Å². The zero-order valence-corrected chi connectivity index (χ0v) is 15.0. The van der Waals surface area contributed by atoms with Gasteiger partial charge in [-0.3, -0.25) is 4.98 Å². The van der Waals surface area contributed by atoms with Gasteiger partial charge >= 0.3 is 6.03 Å². The minimum Gasteiger partial charge on any atom is -0.365 e. The van der Waals surface area contributed by atoms with E-state index in [0.717, 1.165) is 6.20 Å². The molecule has 1 fully saturated rings. The normalized spacial score (nSPS) is 18.7. The highest BCUT2D eigenvalue weighted by Gasteiger charge is 2.35. The maximum absolute atomic E-state index is 14.1.